The molecule has 0 aliphatic rings. The Hall–Kier alpha value is -1.02. The Morgan fingerprint density at radius 1 is 1.11 bits per heavy atom. The third-order valence-electron chi connectivity index (χ3n) is 3.52. The van der Waals surface area contributed by atoms with Gasteiger partial charge in [-0.25, -0.2) is 0 Å². The Morgan fingerprint density at radius 3 is 2.58 bits per heavy atom. The minimum Gasteiger partial charge on any atom is -0.493 e. The molecule has 1 rings (SSSR count). The van der Waals surface area contributed by atoms with Crippen molar-refractivity contribution in [2.45, 2.75) is 52.4 Å². The van der Waals surface area contributed by atoms with Crippen LogP contribution in [0.3, 0.4) is 0 Å². The highest BCUT2D eigenvalue weighted by atomic mass is 16.5. The van der Waals surface area contributed by atoms with Gasteiger partial charge in [0.05, 0.1) is 6.61 Å². The van der Waals surface area contributed by atoms with Gasteiger partial charge in [-0.3, -0.25) is 0 Å². The van der Waals surface area contributed by atoms with Crippen molar-refractivity contribution in [2.75, 3.05) is 19.7 Å². The quantitative estimate of drug-likeness (QED) is 0.633. The van der Waals surface area contributed by atoms with E-state index in [9.17, 15) is 0 Å². The van der Waals surface area contributed by atoms with Gasteiger partial charge in [0.2, 0.25) is 0 Å². The predicted molar refractivity (Wildman–Crippen MR) is 83.0 cm³/mol. The van der Waals surface area contributed by atoms with Crippen LogP contribution >= 0.6 is 0 Å². The number of benzene rings is 1. The molecule has 2 heteroatoms. The normalized spacial score (nSPS) is 12.4. The zero-order chi connectivity index (χ0) is 13.9. The van der Waals surface area contributed by atoms with Crippen LogP contribution in [0.1, 0.15) is 57.9 Å². The van der Waals surface area contributed by atoms with Crippen LogP contribution in [0.4, 0.5) is 0 Å². The van der Waals surface area contributed by atoms with Crippen molar-refractivity contribution >= 4 is 0 Å². The fraction of sp³-hybridized carbons (Fsp3) is 0.647. The van der Waals surface area contributed by atoms with Crippen molar-refractivity contribution in [1.82, 2.24) is 5.32 Å². The average Bonchev–Trinajstić information content (AvgIpc) is 2.46. The molecule has 0 aliphatic heterocycles. The fourth-order valence-corrected chi connectivity index (χ4v) is 2.05. The molecule has 0 radical (unpaired) electrons. The largest absolute Gasteiger partial charge is 0.493 e. The van der Waals surface area contributed by atoms with Gasteiger partial charge in [0.1, 0.15) is 5.75 Å². The van der Waals surface area contributed by atoms with Crippen molar-refractivity contribution < 1.29 is 4.74 Å². The second-order valence-corrected chi connectivity index (χ2v) is 5.15. The lowest BCUT2D eigenvalue weighted by atomic mass is 9.98. The summed E-state index contributed by atoms with van der Waals surface area (Å²) in [6, 6.07) is 8.43. The molecule has 2 nitrogen and oxygen atoms in total. The van der Waals surface area contributed by atoms with Crippen molar-refractivity contribution in [3.8, 4) is 5.75 Å². The molecule has 0 heterocycles. The van der Waals surface area contributed by atoms with Gasteiger partial charge in [0.15, 0.2) is 0 Å². The average molecular weight is 263 g/mol. The highest BCUT2D eigenvalue weighted by molar-refractivity contribution is 5.35. The lowest BCUT2D eigenvalue weighted by Gasteiger charge is -2.15. The highest BCUT2D eigenvalue weighted by Crippen LogP contribution is 2.28. The lowest BCUT2D eigenvalue weighted by molar-refractivity contribution is 0.303. The van der Waals surface area contributed by atoms with Crippen molar-refractivity contribution in [1.29, 1.82) is 0 Å². The Labute approximate surface area is 118 Å². The zero-order valence-electron chi connectivity index (χ0n) is 12.7. The van der Waals surface area contributed by atoms with E-state index in [4.69, 9.17) is 4.74 Å². The van der Waals surface area contributed by atoms with Crippen LogP contribution in [0.25, 0.3) is 0 Å². The van der Waals surface area contributed by atoms with E-state index in [2.05, 4.69) is 50.4 Å². The number of para-hydroxylation sites is 1. The summed E-state index contributed by atoms with van der Waals surface area (Å²) in [5, 5.41) is 3.44. The standard InChI is InChI=1S/C17H29NO/c1-4-6-12-18-13-9-14-19-17-11-8-7-10-16(17)15(3)5-2/h7-8,10-11,15,18H,4-6,9,12-14H2,1-3H3/t15-/m0/s1. The smallest absolute Gasteiger partial charge is 0.122 e. The summed E-state index contributed by atoms with van der Waals surface area (Å²) in [6.45, 7) is 9.67. The summed E-state index contributed by atoms with van der Waals surface area (Å²) in [6.07, 6.45) is 4.74. The minimum absolute atomic E-state index is 0.568. The number of hydrogen-bond donors (Lipinski definition) is 1. The molecule has 0 spiro atoms. The van der Waals surface area contributed by atoms with E-state index in [0.717, 1.165) is 38.3 Å². The molecule has 0 bridgehead atoms. The summed E-state index contributed by atoms with van der Waals surface area (Å²) in [4.78, 5) is 0. The number of hydrogen-bond acceptors (Lipinski definition) is 2. The summed E-state index contributed by atoms with van der Waals surface area (Å²) < 4.78 is 5.93. The first-order valence-electron chi connectivity index (χ1n) is 7.72. The first kappa shape index (κ1) is 16.0. The number of nitrogens with one attached hydrogen (secondary N) is 1. The van der Waals surface area contributed by atoms with Gasteiger partial charge in [0.25, 0.3) is 0 Å². The molecule has 0 unspecified atom stereocenters. The Balaban J connectivity index is 2.29. The van der Waals surface area contributed by atoms with E-state index in [1.807, 2.05) is 0 Å². The summed E-state index contributed by atoms with van der Waals surface area (Å²) in [5.74, 6) is 1.63. The second kappa shape index (κ2) is 9.85. The van der Waals surface area contributed by atoms with Gasteiger partial charge < -0.3 is 10.1 Å². The highest BCUT2D eigenvalue weighted by Gasteiger charge is 2.08. The van der Waals surface area contributed by atoms with E-state index >= 15 is 0 Å². The van der Waals surface area contributed by atoms with Crippen LogP contribution in [-0.4, -0.2) is 19.7 Å². The van der Waals surface area contributed by atoms with Gasteiger partial charge in [-0.05, 0) is 49.9 Å². The van der Waals surface area contributed by atoms with Crippen LogP contribution in [0.2, 0.25) is 0 Å². The molecule has 1 aromatic rings. The maximum Gasteiger partial charge on any atom is 0.122 e. The molecule has 108 valence electrons. The van der Waals surface area contributed by atoms with E-state index in [0.29, 0.717) is 5.92 Å². The number of ether oxygens (including phenoxy) is 1. The number of unbranched alkanes of at least 4 members (excludes halogenated alkanes) is 1. The van der Waals surface area contributed by atoms with E-state index in [1.165, 1.54) is 18.4 Å². The molecule has 1 atom stereocenters. The van der Waals surface area contributed by atoms with Crippen LogP contribution < -0.4 is 10.1 Å². The molecular weight excluding hydrogens is 234 g/mol. The molecule has 0 saturated heterocycles. The van der Waals surface area contributed by atoms with Gasteiger partial charge in [-0.1, -0.05) is 45.4 Å². The molecule has 0 aromatic heterocycles. The molecular formula is C17H29NO. The predicted octanol–water partition coefficient (Wildman–Crippen LogP) is 4.36. The third kappa shape index (κ3) is 6.11. The van der Waals surface area contributed by atoms with Crippen LogP contribution in [0, 0.1) is 0 Å². The van der Waals surface area contributed by atoms with Crippen LogP contribution in [0.15, 0.2) is 24.3 Å². The minimum atomic E-state index is 0.568. The maximum atomic E-state index is 5.93. The van der Waals surface area contributed by atoms with Crippen molar-refractivity contribution in [3.05, 3.63) is 29.8 Å². The van der Waals surface area contributed by atoms with Crippen molar-refractivity contribution in [2.24, 2.45) is 0 Å². The first-order valence-corrected chi connectivity index (χ1v) is 7.72. The number of rotatable bonds is 10. The second-order valence-electron chi connectivity index (χ2n) is 5.15. The topological polar surface area (TPSA) is 21.3 Å². The van der Waals surface area contributed by atoms with E-state index < -0.39 is 0 Å². The van der Waals surface area contributed by atoms with E-state index in [-0.39, 0.29) is 0 Å². The summed E-state index contributed by atoms with van der Waals surface area (Å²) in [5.41, 5.74) is 1.34. The Bertz CT molecular complexity index is 338. The Kier molecular flexibility index (Phi) is 8.31. The molecule has 0 fully saturated rings. The zero-order valence-corrected chi connectivity index (χ0v) is 12.7. The maximum absolute atomic E-state index is 5.93. The molecule has 1 N–H and O–H groups in total. The molecule has 0 saturated carbocycles. The SMILES string of the molecule is CCCCNCCCOc1ccccc1[C@@H](C)CC. The fourth-order valence-electron chi connectivity index (χ4n) is 2.05. The summed E-state index contributed by atoms with van der Waals surface area (Å²) >= 11 is 0. The van der Waals surface area contributed by atoms with E-state index in [1.54, 1.807) is 0 Å². The molecule has 0 aliphatic carbocycles. The van der Waals surface area contributed by atoms with Crippen LogP contribution in [-0.2, 0) is 0 Å². The monoisotopic (exact) mass is 263 g/mol. The van der Waals surface area contributed by atoms with Gasteiger partial charge >= 0.3 is 0 Å². The molecule has 19 heavy (non-hydrogen) atoms. The van der Waals surface area contributed by atoms with Gasteiger partial charge in [-0.2, -0.15) is 0 Å². The lowest BCUT2D eigenvalue weighted by Crippen LogP contribution is -2.18. The van der Waals surface area contributed by atoms with Crippen molar-refractivity contribution in [3.63, 3.8) is 0 Å². The van der Waals surface area contributed by atoms with Gasteiger partial charge in [0, 0.05) is 0 Å². The Morgan fingerprint density at radius 2 is 1.84 bits per heavy atom. The van der Waals surface area contributed by atoms with Crippen LogP contribution in [0.5, 0.6) is 5.75 Å². The third-order valence-corrected chi connectivity index (χ3v) is 3.52. The first-order chi connectivity index (χ1) is 9.29. The summed E-state index contributed by atoms with van der Waals surface area (Å²) in [7, 11) is 0. The molecule has 1 aromatic carbocycles. The molecule has 0 amide bonds. The van der Waals surface area contributed by atoms with Gasteiger partial charge in [-0.15, -0.1) is 0 Å².